The lowest BCUT2D eigenvalue weighted by Gasteiger charge is -2.16. The quantitative estimate of drug-likeness (QED) is 0.615. The molecule has 0 unspecified atom stereocenters. The van der Waals surface area contributed by atoms with Gasteiger partial charge < -0.3 is 19.9 Å². The Hall–Kier alpha value is -0.970. The van der Waals surface area contributed by atoms with Gasteiger partial charge in [-0.3, -0.25) is 0 Å². The van der Waals surface area contributed by atoms with Gasteiger partial charge in [-0.05, 0) is 31.9 Å². The zero-order chi connectivity index (χ0) is 15.5. The van der Waals surface area contributed by atoms with Gasteiger partial charge in [-0.1, -0.05) is 24.9 Å². The third kappa shape index (κ3) is 6.55. The van der Waals surface area contributed by atoms with Gasteiger partial charge in [-0.2, -0.15) is 0 Å². The van der Waals surface area contributed by atoms with Crippen LogP contribution in [0.3, 0.4) is 0 Å². The molecule has 1 aromatic rings. The number of halogens is 1. The van der Waals surface area contributed by atoms with Crippen LogP contribution >= 0.6 is 11.6 Å². The van der Waals surface area contributed by atoms with Gasteiger partial charge in [-0.15, -0.1) is 0 Å². The standard InChI is InChI=1S/C16H26ClNO3/c1-3-18-12-13-10-14(17)11-15(20-2)16(13)21-9-7-5-4-6-8-19/h10-11,18-19H,3-9,12H2,1-2H3. The molecule has 5 heteroatoms. The van der Waals surface area contributed by atoms with E-state index in [-0.39, 0.29) is 6.61 Å². The van der Waals surface area contributed by atoms with Crippen LogP contribution in [0.4, 0.5) is 0 Å². The monoisotopic (exact) mass is 315 g/mol. The molecule has 1 aromatic carbocycles. The molecule has 0 spiro atoms. The maximum Gasteiger partial charge on any atom is 0.165 e. The average molecular weight is 316 g/mol. The fourth-order valence-electron chi connectivity index (χ4n) is 2.07. The smallest absolute Gasteiger partial charge is 0.165 e. The summed E-state index contributed by atoms with van der Waals surface area (Å²) in [5.74, 6) is 1.44. The molecule has 4 nitrogen and oxygen atoms in total. The lowest BCUT2D eigenvalue weighted by Crippen LogP contribution is -2.13. The Morgan fingerprint density at radius 1 is 1.19 bits per heavy atom. The van der Waals surface area contributed by atoms with Crippen LogP contribution in [0.15, 0.2) is 12.1 Å². The van der Waals surface area contributed by atoms with E-state index in [0.29, 0.717) is 23.9 Å². The van der Waals surface area contributed by atoms with Gasteiger partial charge in [0.2, 0.25) is 0 Å². The number of benzene rings is 1. The molecule has 0 saturated carbocycles. The minimum atomic E-state index is 0.263. The molecular weight excluding hydrogens is 290 g/mol. The molecule has 0 aliphatic heterocycles. The summed E-state index contributed by atoms with van der Waals surface area (Å²) in [5, 5.41) is 12.7. The fourth-order valence-corrected chi connectivity index (χ4v) is 2.30. The molecule has 0 aromatic heterocycles. The number of rotatable bonds is 11. The van der Waals surface area contributed by atoms with Crippen LogP contribution in [0, 0.1) is 0 Å². The molecule has 0 radical (unpaired) electrons. The second-order valence-electron chi connectivity index (χ2n) is 4.86. The first-order chi connectivity index (χ1) is 10.2. The van der Waals surface area contributed by atoms with E-state index in [9.17, 15) is 0 Å². The molecule has 0 amide bonds. The van der Waals surface area contributed by atoms with Crippen molar-refractivity contribution in [3.05, 3.63) is 22.7 Å². The Morgan fingerprint density at radius 2 is 1.95 bits per heavy atom. The maximum atomic E-state index is 8.75. The topological polar surface area (TPSA) is 50.7 Å². The van der Waals surface area contributed by atoms with Gasteiger partial charge in [0.25, 0.3) is 0 Å². The minimum absolute atomic E-state index is 0.263. The van der Waals surface area contributed by atoms with Crippen LogP contribution < -0.4 is 14.8 Å². The first-order valence-corrected chi connectivity index (χ1v) is 7.91. The number of unbranched alkanes of at least 4 members (excludes halogenated alkanes) is 3. The van der Waals surface area contributed by atoms with Crippen molar-refractivity contribution in [3.63, 3.8) is 0 Å². The van der Waals surface area contributed by atoms with E-state index in [2.05, 4.69) is 12.2 Å². The van der Waals surface area contributed by atoms with Crippen LogP contribution in [-0.4, -0.2) is 32.0 Å². The van der Waals surface area contributed by atoms with E-state index in [4.69, 9.17) is 26.2 Å². The van der Waals surface area contributed by atoms with E-state index in [1.807, 2.05) is 6.07 Å². The molecule has 2 N–H and O–H groups in total. The van der Waals surface area contributed by atoms with Gasteiger partial charge in [0, 0.05) is 29.8 Å². The van der Waals surface area contributed by atoms with Gasteiger partial charge in [0.15, 0.2) is 11.5 Å². The van der Waals surface area contributed by atoms with Crippen LogP contribution in [-0.2, 0) is 6.54 Å². The Kier molecular flexibility index (Phi) is 9.22. The number of aliphatic hydroxyl groups excluding tert-OH is 1. The highest BCUT2D eigenvalue weighted by Gasteiger charge is 2.12. The summed E-state index contributed by atoms with van der Waals surface area (Å²) in [4.78, 5) is 0. The Labute approximate surface area is 132 Å². The predicted molar refractivity (Wildman–Crippen MR) is 86.4 cm³/mol. The largest absolute Gasteiger partial charge is 0.493 e. The molecule has 0 aliphatic rings. The van der Waals surface area contributed by atoms with Crippen molar-refractivity contribution in [2.75, 3.05) is 26.9 Å². The fraction of sp³-hybridized carbons (Fsp3) is 0.625. The molecule has 0 heterocycles. The number of ether oxygens (including phenoxy) is 2. The summed E-state index contributed by atoms with van der Waals surface area (Å²) in [6.07, 6.45) is 3.91. The van der Waals surface area contributed by atoms with Gasteiger partial charge in [-0.25, -0.2) is 0 Å². The van der Waals surface area contributed by atoms with Crippen molar-refractivity contribution < 1.29 is 14.6 Å². The Bertz CT molecular complexity index is 413. The first-order valence-electron chi connectivity index (χ1n) is 7.53. The molecule has 0 fully saturated rings. The highest BCUT2D eigenvalue weighted by molar-refractivity contribution is 6.30. The molecule has 21 heavy (non-hydrogen) atoms. The van der Waals surface area contributed by atoms with E-state index < -0.39 is 0 Å². The number of methoxy groups -OCH3 is 1. The zero-order valence-electron chi connectivity index (χ0n) is 13.0. The third-order valence-electron chi connectivity index (χ3n) is 3.18. The van der Waals surface area contributed by atoms with Crippen LogP contribution in [0.25, 0.3) is 0 Å². The van der Waals surface area contributed by atoms with Crippen molar-refractivity contribution in [1.29, 1.82) is 0 Å². The van der Waals surface area contributed by atoms with Gasteiger partial charge >= 0.3 is 0 Å². The van der Waals surface area contributed by atoms with Crippen LogP contribution in [0.1, 0.15) is 38.2 Å². The lowest BCUT2D eigenvalue weighted by atomic mass is 10.1. The summed E-state index contributed by atoms with van der Waals surface area (Å²) in [5.41, 5.74) is 1.01. The van der Waals surface area contributed by atoms with Gasteiger partial charge in [0.1, 0.15) is 0 Å². The summed E-state index contributed by atoms with van der Waals surface area (Å²) in [6, 6.07) is 3.69. The van der Waals surface area contributed by atoms with Crippen molar-refractivity contribution >= 4 is 11.6 Å². The Balaban J connectivity index is 2.64. The van der Waals surface area contributed by atoms with Crippen molar-refractivity contribution in [1.82, 2.24) is 5.32 Å². The highest BCUT2D eigenvalue weighted by atomic mass is 35.5. The molecule has 0 saturated heterocycles. The van der Waals surface area contributed by atoms with Crippen LogP contribution in [0.5, 0.6) is 11.5 Å². The van der Waals surface area contributed by atoms with Crippen molar-refractivity contribution in [2.45, 2.75) is 39.2 Å². The van der Waals surface area contributed by atoms with Crippen LogP contribution in [0.2, 0.25) is 5.02 Å². The third-order valence-corrected chi connectivity index (χ3v) is 3.40. The van der Waals surface area contributed by atoms with Gasteiger partial charge in [0.05, 0.1) is 13.7 Å². The summed E-state index contributed by atoms with van der Waals surface area (Å²) >= 11 is 6.11. The second-order valence-corrected chi connectivity index (χ2v) is 5.30. The molecule has 0 bridgehead atoms. The van der Waals surface area contributed by atoms with E-state index in [1.54, 1.807) is 13.2 Å². The maximum absolute atomic E-state index is 8.75. The lowest BCUT2D eigenvalue weighted by molar-refractivity contribution is 0.267. The molecule has 0 atom stereocenters. The number of hydrogen-bond acceptors (Lipinski definition) is 4. The second kappa shape index (κ2) is 10.7. The summed E-state index contributed by atoms with van der Waals surface area (Å²) in [7, 11) is 1.62. The highest BCUT2D eigenvalue weighted by Crippen LogP contribution is 2.34. The molecular formula is C16H26ClNO3. The average Bonchev–Trinajstić information content (AvgIpc) is 2.49. The minimum Gasteiger partial charge on any atom is -0.493 e. The number of hydrogen-bond donors (Lipinski definition) is 2. The van der Waals surface area contributed by atoms with Crippen molar-refractivity contribution in [2.24, 2.45) is 0 Å². The van der Waals surface area contributed by atoms with Crippen molar-refractivity contribution in [3.8, 4) is 11.5 Å². The zero-order valence-corrected chi connectivity index (χ0v) is 13.7. The van der Waals surface area contributed by atoms with E-state index in [0.717, 1.165) is 43.5 Å². The Morgan fingerprint density at radius 3 is 2.62 bits per heavy atom. The molecule has 120 valence electrons. The summed E-state index contributed by atoms with van der Waals surface area (Å²) < 4.78 is 11.3. The predicted octanol–water partition coefficient (Wildman–Crippen LogP) is 3.39. The molecule has 1 rings (SSSR count). The first kappa shape index (κ1) is 18.1. The SMILES string of the molecule is CCNCc1cc(Cl)cc(OC)c1OCCCCCCO. The normalized spacial score (nSPS) is 10.7. The van der Waals surface area contributed by atoms with E-state index in [1.165, 1.54) is 0 Å². The molecule has 0 aliphatic carbocycles. The summed E-state index contributed by atoms with van der Waals surface area (Å²) in [6.45, 7) is 4.55. The number of aliphatic hydroxyl groups is 1. The van der Waals surface area contributed by atoms with E-state index >= 15 is 0 Å². The number of nitrogens with one attached hydrogen (secondary N) is 1.